The maximum Gasteiger partial charge on any atom is 0.135 e. The van der Waals surface area contributed by atoms with Gasteiger partial charge >= 0.3 is 0 Å². The molecule has 3 heterocycles. The molecule has 5 aromatic carbocycles. The monoisotopic (exact) mass is 604 g/mol. The van der Waals surface area contributed by atoms with Crippen LogP contribution < -0.4 is 10.6 Å². The summed E-state index contributed by atoms with van der Waals surface area (Å²) in [5, 5.41) is 7.75. The molecule has 4 nitrogen and oxygen atoms in total. The highest BCUT2D eigenvalue weighted by molar-refractivity contribution is 6.17. The predicted molar refractivity (Wildman–Crippen MR) is 202 cm³/mol. The number of hydrogen-bond acceptors (Lipinski definition) is 2. The van der Waals surface area contributed by atoms with Gasteiger partial charge in [-0.1, -0.05) is 122 Å². The standard InChI is InChI=1S/C43H32N4/c1-4-15-38-29(2)36-24-32-25-41-35-22-12-11-20-33(35)34-21-13-14-23-39(34)46(41)40(32)27-42(36)47(38)43(45-28-30-16-7-5-8-17-30)26-37(44-3)31-18-9-6-10-19-31/h4-27H,1-3,28H2/b37-26-,38-15+,45-43?. The minimum Gasteiger partial charge on any atom is -0.309 e. The van der Waals surface area contributed by atoms with E-state index < -0.39 is 0 Å². The molecule has 0 aliphatic heterocycles. The molecule has 0 unspecified atom stereocenters. The van der Waals surface area contributed by atoms with E-state index in [4.69, 9.17) is 4.99 Å². The lowest BCUT2D eigenvalue weighted by Gasteiger charge is -2.11. The highest BCUT2D eigenvalue weighted by atomic mass is 15.1. The summed E-state index contributed by atoms with van der Waals surface area (Å²) in [7, 11) is 0. The SMILES string of the molecule is C=C/C=c1\c(=C)c2cc3cc4c5ccccc5c5ccccc5n4c3cc2n1C(/C=C(\N=C)c1ccccc1)=NCc1ccccc1. The highest BCUT2D eigenvalue weighted by Crippen LogP contribution is 2.35. The Morgan fingerprint density at radius 3 is 2.04 bits per heavy atom. The van der Waals surface area contributed by atoms with Gasteiger partial charge in [0.2, 0.25) is 0 Å². The lowest BCUT2D eigenvalue weighted by molar-refractivity contribution is 1.03. The fourth-order valence-corrected chi connectivity index (χ4v) is 6.79. The van der Waals surface area contributed by atoms with Crippen molar-refractivity contribution in [1.29, 1.82) is 0 Å². The van der Waals surface area contributed by atoms with Crippen LogP contribution in [0.3, 0.4) is 0 Å². The van der Waals surface area contributed by atoms with Crippen molar-refractivity contribution in [1.82, 2.24) is 8.97 Å². The molecular weight excluding hydrogens is 573 g/mol. The highest BCUT2D eigenvalue weighted by Gasteiger charge is 2.17. The largest absolute Gasteiger partial charge is 0.309 e. The Labute approximate surface area is 272 Å². The number of pyridine rings is 1. The van der Waals surface area contributed by atoms with E-state index in [0.717, 1.165) is 55.0 Å². The summed E-state index contributed by atoms with van der Waals surface area (Å²) >= 11 is 0. The van der Waals surface area contributed by atoms with Gasteiger partial charge in [-0.25, -0.2) is 0 Å². The van der Waals surface area contributed by atoms with Gasteiger partial charge in [0.05, 0.1) is 39.7 Å². The van der Waals surface area contributed by atoms with Crippen molar-refractivity contribution >= 4 is 79.9 Å². The third-order valence-electron chi connectivity index (χ3n) is 8.95. The van der Waals surface area contributed by atoms with E-state index in [1.165, 1.54) is 27.2 Å². The van der Waals surface area contributed by atoms with Crippen LogP contribution in [-0.4, -0.2) is 21.5 Å². The minimum absolute atomic E-state index is 0.499. The van der Waals surface area contributed by atoms with E-state index in [1.54, 1.807) is 0 Å². The van der Waals surface area contributed by atoms with Crippen molar-refractivity contribution in [3.8, 4) is 0 Å². The maximum absolute atomic E-state index is 5.23. The molecule has 0 amide bonds. The number of rotatable bonds is 6. The van der Waals surface area contributed by atoms with Crippen molar-refractivity contribution in [3.63, 3.8) is 0 Å². The quantitative estimate of drug-likeness (QED) is 0.103. The second-order valence-electron chi connectivity index (χ2n) is 11.7. The first-order valence-electron chi connectivity index (χ1n) is 15.7. The zero-order valence-electron chi connectivity index (χ0n) is 26.0. The number of benzene rings is 5. The van der Waals surface area contributed by atoms with Crippen LogP contribution in [0, 0.1) is 0 Å². The number of allylic oxidation sites excluding steroid dienone is 2. The van der Waals surface area contributed by atoms with Crippen molar-refractivity contribution in [2.75, 3.05) is 0 Å². The molecule has 8 aromatic rings. The molecule has 4 heteroatoms. The van der Waals surface area contributed by atoms with E-state index in [1.807, 2.05) is 66.8 Å². The van der Waals surface area contributed by atoms with Gasteiger partial charge in [0.25, 0.3) is 0 Å². The zero-order chi connectivity index (χ0) is 31.9. The molecule has 0 saturated carbocycles. The molecule has 0 aliphatic carbocycles. The molecule has 0 atom stereocenters. The predicted octanol–water partition coefficient (Wildman–Crippen LogP) is 8.92. The molecule has 8 rings (SSSR count). The summed E-state index contributed by atoms with van der Waals surface area (Å²) in [5.41, 5.74) is 7.29. The Morgan fingerprint density at radius 1 is 0.660 bits per heavy atom. The average molecular weight is 605 g/mol. The third kappa shape index (κ3) is 4.70. The van der Waals surface area contributed by atoms with Crippen LogP contribution in [0.4, 0.5) is 0 Å². The van der Waals surface area contributed by atoms with Crippen LogP contribution >= 0.6 is 0 Å². The fourth-order valence-electron chi connectivity index (χ4n) is 6.79. The van der Waals surface area contributed by atoms with Gasteiger partial charge in [0.15, 0.2) is 0 Å². The number of fused-ring (bicyclic) bond motifs is 9. The lowest BCUT2D eigenvalue weighted by atomic mass is 10.1. The number of hydrogen-bond donors (Lipinski definition) is 0. The molecule has 224 valence electrons. The second kappa shape index (κ2) is 11.6. The molecule has 0 radical (unpaired) electrons. The lowest BCUT2D eigenvalue weighted by Crippen LogP contribution is -2.32. The van der Waals surface area contributed by atoms with Crippen LogP contribution in [0.5, 0.6) is 0 Å². The smallest absolute Gasteiger partial charge is 0.135 e. The number of aromatic nitrogens is 2. The minimum atomic E-state index is 0.499. The van der Waals surface area contributed by atoms with Gasteiger partial charge in [-0.2, -0.15) is 0 Å². The Hall–Kier alpha value is -6.26. The fraction of sp³-hybridized carbons (Fsp3) is 0.0233. The van der Waals surface area contributed by atoms with E-state index in [0.29, 0.717) is 6.54 Å². The molecule has 0 bridgehead atoms. The van der Waals surface area contributed by atoms with Crippen LogP contribution in [0.15, 0.2) is 156 Å². The van der Waals surface area contributed by atoms with Gasteiger partial charge < -0.3 is 4.40 Å². The summed E-state index contributed by atoms with van der Waals surface area (Å²) < 4.78 is 4.58. The van der Waals surface area contributed by atoms with Crippen molar-refractivity contribution in [2.45, 2.75) is 6.54 Å². The van der Waals surface area contributed by atoms with E-state index in [2.05, 4.69) is 113 Å². The Kier molecular flexibility index (Phi) is 6.96. The van der Waals surface area contributed by atoms with Crippen LogP contribution in [-0.2, 0) is 6.54 Å². The molecular formula is C43H32N4. The van der Waals surface area contributed by atoms with E-state index >= 15 is 0 Å². The van der Waals surface area contributed by atoms with Crippen LogP contribution in [0.25, 0.3) is 67.3 Å². The topological polar surface area (TPSA) is 34.1 Å². The van der Waals surface area contributed by atoms with Crippen LogP contribution in [0.2, 0.25) is 0 Å². The Morgan fingerprint density at radius 2 is 1.32 bits per heavy atom. The Balaban J connectivity index is 1.49. The second-order valence-corrected chi connectivity index (χ2v) is 11.7. The van der Waals surface area contributed by atoms with E-state index in [-0.39, 0.29) is 0 Å². The summed E-state index contributed by atoms with van der Waals surface area (Å²) in [4.78, 5) is 9.68. The zero-order valence-corrected chi connectivity index (χ0v) is 26.0. The molecule has 3 aromatic heterocycles. The average Bonchev–Trinajstić information content (AvgIpc) is 3.63. The number of para-hydroxylation sites is 1. The Bertz CT molecular complexity index is 2690. The van der Waals surface area contributed by atoms with Crippen molar-refractivity contribution in [2.24, 2.45) is 9.98 Å². The normalized spacial score (nSPS) is 13.0. The summed E-state index contributed by atoms with van der Waals surface area (Å²) in [6.07, 6.45) is 5.84. The van der Waals surface area contributed by atoms with Gasteiger partial charge in [0.1, 0.15) is 5.84 Å². The molecule has 47 heavy (non-hydrogen) atoms. The number of nitrogens with zero attached hydrogens (tertiary/aromatic N) is 4. The first-order valence-corrected chi connectivity index (χ1v) is 15.7. The van der Waals surface area contributed by atoms with E-state index in [9.17, 15) is 0 Å². The molecule has 0 aliphatic rings. The molecule has 0 spiro atoms. The van der Waals surface area contributed by atoms with Crippen LogP contribution in [0.1, 0.15) is 11.1 Å². The first-order chi connectivity index (χ1) is 23.2. The number of aliphatic imine (C=N–C) groups is 2. The van der Waals surface area contributed by atoms with Gasteiger partial charge in [-0.3, -0.25) is 14.6 Å². The van der Waals surface area contributed by atoms with Crippen molar-refractivity contribution < 1.29 is 0 Å². The maximum atomic E-state index is 5.23. The molecule has 0 saturated heterocycles. The first kappa shape index (κ1) is 28.2. The molecule has 0 fully saturated rings. The third-order valence-corrected chi connectivity index (χ3v) is 8.95. The summed E-state index contributed by atoms with van der Waals surface area (Å²) in [6, 6.07) is 44.5. The summed E-state index contributed by atoms with van der Waals surface area (Å²) in [5.74, 6) is 0.739. The summed E-state index contributed by atoms with van der Waals surface area (Å²) in [6.45, 7) is 13.1. The van der Waals surface area contributed by atoms with Gasteiger partial charge in [-0.05, 0) is 48.0 Å². The van der Waals surface area contributed by atoms with Gasteiger partial charge in [0, 0.05) is 38.4 Å². The van der Waals surface area contributed by atoms with Gasteiger partial charge in [-0.15, -0.1) is 0 Å². The molecule has 0 N–H and O–H groups in total. The van der Waals surface area contributed by atoms with Crippen molar-refractivity contribution in [3.05, 3.63) is 168 Å².